The van der Waals surface area contributed by atoms with Crippen molar-refractivity contribution in [3.8, 4) is 17.3 Å². The molecular formula is C20H17N3O. The minimum Gasteiger partial charge on any atom is -0.326 e. The number of carbonyl (C=O) groups is 1. The molecule has 0 atom stereocenters. The summed E-state index contributed by atoms with van der Waals surface area (Å²) >= 11 is 0. The van der Waals surface area contributed by atoms with E-state index in [0.29, 0.717) is 5.56 Å². The lowest BCUT2D eigenvalue weighted by atomic mass is 9.99. The molecule has 0 unspecified atom stereocenters. The third-order valence-electron chi connectivity index (χ3n) is 3.99. The molecule has 3 aromatic rings. The Morgan fingerprint density at radius 1 is 1.12 bits per heavy atom. The largest absolute Gasteiger partial charge is 0.326 e. The lowest BCUT2D eigenvalue weighted by molar-refractivity contribution is -0.114. The van der Waals surface area contributed by atoms with E-state index in [2.05, 4.69) is 11.4 Å². The van der Waals surface area contributed by atoms with Crippen LogP contribution in [0.1, 0.15) is 23.6 Å². The molecule has 1 aromatic heterocycles. The molecule has 4 nitrogen and oxygen atoms in total. The number of hydrogen-bond donors (Lipinski definition) is 1. The van der Waals surface area contributed by atoms with Gasteiger partial charge >= 0.3 is 0 Å². The lowest BCUT2D eigenvalue weighted by Gasteiger charge is -2.14. The number of fused-ring (bicyclic) bond motifs is 1. The van der Waals surface area contributed by atoms with Crippen molar-refractivity contribution in [1.82, 2.24) is 4.98 Å². The van der Waals surface area contributed by atoms with Gasteiger partial charge in [-0.15, -0.1) is 0 Å². The van der Waals surface area contributed by atoms with Crippen molar-refractivity contribution in [2.24, 2.45) is 0 Å². The van der Waals surface area contributed by atoms with Crippen molar-refractivity contribution < 1.29 is 4.79 Å². The molecule has 1 N–H and O–H groups in total. The van der Waals surface area contributed by atoms with Crippen molar-refractivity contribution in [2.75, 3.05) is 5.32 Å². The quantitative estimate of drug-likeness (QED) is 0.764. The van der Waals surface area contributed by atoms with E-state index in [4.69, 9.17) is 4.98 Å². The highest BCUT2D eigenvalue weighted by atomic mass is 16.1. The van der Waals surface area contributed by atoms with Crippen LogP contribution >= 0.6 is 0 Å². The molecule has 0 aliphatic heterocycles. The Labute approximate surface area is 140 Å². The predicted octanol–water partition coefficient (Wildman–Crippen LogP) is 4.35. The Bertz CT molecular complexity index is 1000. The Morgan fingerprint density at radius 3 is 2.58 bits per heavy atom. The monoisotopic (exact) mass is 315 g/mol. The fourth-order valence-corrected chi connectivity index (χ4v) is 2.90. The lowest BCUT2D eigenvalue weighted by Crippen LogP contribution is -2.07. The first-order chi connectivity index (χ1) is 11.5. The zero-order valence-corrected chi connectivity index (χ0v) is 13.8. The molecule has 0 radical (unpaired) electrons. The topological polar surface area (TPSA) is 65.8 Å². The van der Waals surface area contributed by atoms with Crippen LogP contribution in [0.25, 0.3) is 22.2 Å². The molecule has 2 aromatic carbocycles. The number of pyridine rings is 1. The highest BCUT2D eigenvalue weighted by molar-refractivity contribution is 6.03. The van der Waals surface area contributed by atoms with E-state index in [1.54, 1.807) is 6.07 Å². The van der Waals surface area contributed by atoms with Gasteiger partial charge < -0.3 is 5.32 Å². The van der Waals surface area contributed by atoms with Crippen molar-refractivity contribution in [3.05, 3.63) is 59.2 Å². The second kappa shape index (κ2) is 6.13. The molecule has 0 fully saturated rings. The average molecular weight is 315 g/mol. The number of carbonyl (C=O) groups excluding carboxylic acids is 1. The molecule has 24 heavy (non-hydrogen) atoms. The van der Waals surface area contributed by atoms with Crippen molar-refractivity contribution >= 4 is 22.5 Å². The summed E-state index contributed by atoms with van der Waals surface area (Å²) in [5, 5.41) is 13.1. The van der Waals surface area contributed by atoms with Gasteiger partial charge in [-0.3, -0.25) is 4.79 Å². The van der Waals surface area contributed by atoms with Crippen LogP contribution in [-0.4, -0.2) is 10.9 Å². The summed E-state index contributed by atoms with van der Waals surface area (Å²) in [5.74, 6) is -0.113. The van der Waals surface area contributed by atoms with E-state index in [-0.39, 0.29) is 5.91 Å². The van der Waals surface area contributed by atoms with Crippen molar-refractivity contribution in [2.45, 2.75) is 20.8 Å². The summed E-state index contributed by atoms with van der Waals surface area (Å²) in [7, 11) is 0. The van der Waals surface area contributed by atoms with Gasteiger partial charge in [0.05, 0.1) is 28.5 Å². The summed E-state index contributed by atoms with van der Waals surface area (Å²) < 4.78 is 0. The van der Waals surface area contributed by atoms with E-state index in [1.807, 2.05) is 50.2 Å². The third kappa shape index (κ3) is 2.72. The van der Waals surface area contributed by atoms with Gasteiger partial charge in [0.25, 0.3) is 0 Å². The molecule has 0 saturated carbocycles. The van der Waals surface area contributed by atoms with Gasteiger partial charge in [-0.05, 0) is 43.2 Å². The molecule has 4 heteroatoms. The fourth-order valence-electron chi connectivity index (χ4n) is 2.90. The normalized spacial score (nSPS) is 10.4. The van der Waals surface area contributed by atoms with Crippen LogP contribution in [0.3, 0.4) is 0 Å². The number of nitriles is 1. The minimum atomic E-state index is -0.113. The van der Waals surface area contributed by atoms with Crippen LogP contribution in [0.2, 0.25) is 0 Å². The van der Waals surface area contributed by atoms with Crippen molar-refractivity contribution in [3.63, 3.8) is 0 Å². The SMILES string of the molecule is CC(=O)Nc1ccc(C)c2nc(-c3ccccc3C#N)cc(C)c12. The van der Waals surface area contributed by atoms with Gasteiger partial charge in [0, 0.05) is 17.9 Å². The second-order valence-corrected chi connectivity index (χ2v) is 5.82. The number of benzene rings is 2. The number of hydrogen-bond acceptors (Lipinski definition) is 3. The number of rotatable bonds is 2. The smallest absolute Gasteiger partial charge is 0.221 e. The van der Waals surface area contributed by atoms with E-state index in [0.717, 1.165) is 39.0 Å². The van der Waals surface area contributed by atoms with Gasteiger partial charge in [0.2, 0.25) is 5.91 Å². The average Bonchev–Trinajstić information content (AvgIpc) is 2.56. The molecule has 0 bridgehead atoms. The van der Waals surface area contributed by atoms with Crippen LogP contribution in [0, 0.1) is 25.2 Å². The first kappa shape index (κ1) is 15.7. The third-order valence-corrected chi connectivity index (χ3v) is 3.99. The number of amides is 1. The van der Waals surface area contributed by atoms with Gasteiger partial charge in [0.15, 0.2) is 0 Å². The minimum absolute atomic E-state index is 0.113. The van der Waals surface area contributed by atoms with Gasteiger partial charge in [-0.25, -0.2) is 4.98 Å². The number of nitrogens with zero attached hydrogens (tertiary/aromatic N) is 2. The highest BCUT2D eigenvalue weighted by Gasteiger charge is 2.13. The maximum Gasteiger partial charge on any atom is 0.221 e. The summed E-state index contributed by atoms with van der Waals surface area (Å²) in [5.41, 5.74) is 5.81. The zero-order valence-electron chi connectivity index (χ0n) is 13.8. The molecule has 1 heterocycles. The summed E-state index contributed by atoms with van der Waals surface area (Å²) in [6.07, 6.45) is 0. The molecule has 1 amide bonds. The standard InChI is InChI=1S/C20H17N3O/c1-12-8-9-17(22-14(3)24)19-13(2)10-18(23-20(12)19)16-7-5-4-6-15(16)11-21/h4-10H,1-3H3,(H,22,24). The van der Waals surface area contributed by atoms with E-state index < -0.39 is 0 Å². The molecule has 0 aliphatic rings. The van der Waals surface area contributed by atoms with Crippen LogP contribution in [0.4, 0.5) is 5.69 Å². The Hall–Kier alpha value is -3.19. The Balaban J connectivity index is 2.30. The van der Waals surface area contributed by atoms with Gasteiger partial charge in [0.1, 0.15) is 0 Å². The Morgan fingerprint density at radius 2 is 1.88 bits per heavy atom. The second-order valence-electron chi connectivity index (χ2n) is 5.82. The van der Waals surface area contributed by atoms with E-state index in [9.17, 15) is 10.1 Å². The number of aromatic nitrogens is 1. The maximum atomic E-state index is 11.5. The number of nitrogens with one attached hydrogen (secondary N) is 1. The Kier molecular flexibility index (Phi) is 4.01. The zero-order chi connectivity index (χ0) is 17.3. The fraction of sp³-hybridized carbons (Fsp3) is 0.150. The molecule has 0 aliphatic carbocycles. The van der Waals surface area contributed by atoms with Crippen LogP contribution < -0.4 is 5.32 Å². The summed E-state index contributed by atoms with van der Waals surface area (Å²) in [6, 6.07) is 15.5. The van der Waals surface area contributed by atoms with Gasteiger partial charge in [-0.2, -0.15) is 5.26 Å². The summed E-state index contributed by atoms with van der Waals surface area (Å²) in [4.78, 5) is 16.2. The predicted molar refractivity (Wildman–Crippen MR) is 95.7 cm³/mol. The van der Waals surface area contributed by atoms with Gasteiger partial charge in [-0.1, -0.05) is 24.3 Å². The van der Waals surface area contributed by atoms with E-state index in [1.165, 1.54) is 6.92 Å². The molecule has 0 spiro atoms. The molecule has 118 valence electrons. The van der Waals surface area contributed by atoms with Crippen LogP contribution in [0.15, 0.2) is 42.5 Å². The maximum absolute atomic E-state index is 11.5. The van der Waals surface area contributed by atoms with E-state index >= 15 is 0 Å². The molecular weight excluding hydrogens is 298 g/mol. The van der Waals surface area contributed by atoms with Crippen LogP contribution in [-0.2, 0) is 4.79 Å². The first-order valence-corrected chi connectivity index (χ1v) is 7.69. The number of aryl methyl sites for hydroxylation is 2. The first-order valence-electron chi connectivity index (χ1n) is 7.69. The molecule has 0 saturated heterocycles. The van der Waals surface area contributed by atoms with Crippen molar-refractivity contribution in [1.29, 1.82) is 5.26 Å². The highest BCUT2D eigenvalue weighted by Crippen LogP contribution is 2.32. The molecule has 3 rings (SSSR count). The summed E-state index contributed by atoms with van der Waals surface area (Å²) in [6.45, 7) is 5.48. The number of anilines is 1. The van der Waals surface area contributed by atoms with Crippen LogP contribution in [0.5, 0.6) is 0 Å².